The number of para-hydroxylation sites is 1. The number of hydrogen-bond acceptors (Lipinski definition) is 6. The quantitative estimate of drug-likeness (QED) is 0.330. The molecule has 1 aliphatic heterocycles. The van der Waals surface area contributed by atoms with Gasteiger partial charge in [0.15, 0.2) is 11.5 Å². The molecule has 4 rings (SSSR count). The van der Waals surface area contributed by atoms with Gasteiger partial charge in [0.05, 0.1) is 29.8 Å². The Balaban J connectivity index is 1.60. The Labute approximate surface area is 179 Å². The molecule has 0 fully saturated rings. The molecule has 0 radical (unpaired) electrons. The van der Waals surface area contributed by atoms with Crippen molar-refractivity contribution in [2.24, 2.45) is 5.10 Å². The van der Waals surface area contributed by atoms with Gasteiger partial charge in [0.1, 0.15) is 0 Å². The van der Waals surface area contributed by atoms with Crippen molar-refractivity contribution in [3.05, 3.63) is 83.8 Å². The van der Waals surface area contributed by atoms with E-state index in [4.69, 9.17) is 13.9 Å². The number of anilines is 1. The highest BCUT2D eigenvalue weighted by Crippen LogP contribution is 2.31. The van der Waals surface area contributed by atoms with Crippen LogP contribution in [0, 0.1) is 0 Å². The summed E-state index contributed by atoms with van der Waals surface area (Å²) in [6.45, 7) is 4.00. The maximum Gasteiger partial charge on any atom is 0.379 e. The third-order valence-electron chi connectivity index (χ3n) is 4.57. The lowest BCUT2D eigenvalue weighted by atomic mass is 10.1. The van der Waals surface area contributed by atoms with Crippen molar-refractivity contribution in [2.45, 2.75) is 13.8 Å². The van der Waals surface area contributed by atoms with Crippen LogP contribution in [0.2, 0.25) is 0 Å². The maximum atomic E-state index is 12.9. The highest BCUT2D eigenvalue weighted by Gasteiger charge is 2.28. The summed E-state index contributed by atoms with van der Waals surface area (Å²) >= 11 is 0. The average molecular weight is 416 g/mol. The van der Waals surface area contributed by atoms with Gasteiger partial charge >= 0.3 is 5.97 Å². The number of benzene rings is 2. The van der Waals surface area contributed by atoms with E-state index in [-0.39, 0.29) is 17.4 Å². The second kappa shape index (κ2) is 8.71. The van der Waals surface area contributed by atoms with Crippen LogP contribution in [0.3, 0.4) is 0 Å². The average Bonchev–Trinajstić information content (AvgIpc) is 3.41. The van der Waals surface area contributed by atoms with Crippen molar-refractivity contribution in [1.82, 2.24) is 0 Å². The Hall–Kier alpha value is -4.13. The molecule has 156 valence electrons. The molecule has 0 atom stereocenters. The van der Waals surface area contributed by atoms with Crippen LogP contribution in [0.4, 0.5) is 5.69 Å². The SMILES string of the molecule is CCOc1cc(C=C2C(=O)N(c3ccccc3)N=C2C)ccc1OC(=O)c1ccco1. The number of ether oxygens (including phenoxy) is 2. The van der Waals surface area contributed by atoms with E-state index in [1.165, 1.54) is 17.3 Å². The molecule has 0 N–H and O–H groups in total. The fourth-order valence-corrected chi connectivity index (χ4v) is 3.11. The third kappa shape index (κ3) is 4.25. The molecular weight excluding hydrogens is 396 g/mol. The van der Waals surface area contributed by atoms with Crippen molar-refractivity contribution in [2.75, 3.05) is 11.6 Å². The van der Waals surface area contributed by atoms with Crippen LogP contribution in [0.15, 0.2) is 82.0 Å². The molecule has 31 heavy (non-hydrogen) atoms. The van der Waals surface area contributed by atoms with Crippen molar-refractivity contribution in [3.8, 4) is 11.5 Å². The number of hydrogen-bond donors (Lipinski definition) is 0. The van der Waals surface area contributed by atoms with Crippen LogP contribution in [-0.4, -0.2) is 24.2 Å². The molecule has 3 aromatic rings. The topological polar surface area (TPSA) is 81.3 Å². The lowest BCUT2D eigenvalue weighted by Crippen LogP contribution is -2.21. The minimum atomic E-state index is -0.621. The molecule has 2 aromatic carbocycles. The molecule has 0 saturated carbocycles. The van der Waals surface area contributed by atoms with Crippen molar-refractivity contribution in [1.29, 1.82) is 0 Å². The van der Waals surface area contributed by atoms with Gasteiger partial charge in [0.2, 0.25) is 5.76 Å². The fraction of sp³-hybridized carbons (Fsp3) is 0.125. The summed E-state index contributed by atoms with van der Waals surface area (Å²) in [5.41, 5.74) is 2.51. The van der Waals surface area contributed by atoms with E-state index >= 15 is 0 Å². The summed E-state index contributed by atoms with van der Waals surface area (Å²) in [5.74, 6) is -0.0892. The van der Waals surface area contributed by atoms with Crippen LogP contribution in [0.1, 0.15) is 30.0 Å². The Morgan fingerprint density at radius 2 is 1.90 bits per heavy atom. The molecule has 2 heterocycles. The van der Waals surface area contributed by atoms with Gasteiger partial charge < -0.3 is 13.9 Å². The molecule has 0 spiro atoms. The van der Waals surface area contributed by atoms with Crippen LogP contribution in [0.5, 0.6) is 11.5 Å². The highest BCUT2D eigenvalue weighted by molar-refractivity contribution is 6.32. The molecule has 0 unspecified atom stereocenters. The number of amides is 1. The Morgan fingerprint density at radius 1 is 1.10 bits per heavy atom. The normalized spacial score (nSPS) is 14.6. The zero-order chi connectivity index (χ0) is 21.8. The van der Waals surface area contributed by atoms with Gasteiger partial charge in [0.25, 0.3) is 5.91 Å². The number of hydrazone groups is 1. The molecule has 0 saturated heterocycles. The summed E-state index contributed by atoms with van der Waals surface area (Å²) in [7, 11) is 0. The second-order valence-corrected chi connectivity index (χ2v) is 6.70. The van der Waals surface area contributed by atoms with Crippen molar-refractivity contribution >= 4 is 29.4 Å². The third-order valence-corrected chi connectivity index (χ3v) is 4.57. The van der Waals surface area contributed by atoms with Gasteiger partial charge in [0, 0.05) is 0 Å². The Kier molecular flexibility index (Phi) is 5.66. The minimum Gasteiger partial charge on any atom is -0.490 e. The number of esters is 1. The van der Waals surface area contributed by atoms with Crippen LogP contribution < -0.4 is 14.5 Å². The number of nitrogens with zero attached hydrogens (tertiary/aromatic N) is 2. The van der Waals surface area contributed by atoms with Crippen LogP contribution in [0.25, 0.3) is 6.08 Å². The smallest absolute Gasteiger partial charge is 0.379 e. The zero-order valence-electron chi connectivity index (χ0n) is 17.1. The van der Waals surface area contributed by atoms with Gasteiger partial charge in [-0.25, -0.2) is 4.79 Å². The standard InChI is InChI=1S/C24H20N2O5/c1-3-29-22-15-17(11-12-20(22)31-24(28)21-10-7-13-30-21)14-19-16(2)25-26(23(19)27)18-8-5-4-6-9-18/h4-15H,3H2,1-2H3. The molecule has 0 aliphatic carbocycles. The monoisotopic (exact) mass is 416 g/mol. The summed E-state index contributed by atoms with van der Waals surface area (Å²) < 4.78 is 16.1. The minimum absolute atomic E-state index is 0.0954. The van der Waals surface area contributed by atoms with E-state index in [0.29, 0.717) is 34.9 Å². The van der Waals surface area contributed by atoms with Crippen LogP contribution >= 0.6 is 0 Å². The number of carbonyl (C=O) groups is 2. The summed E-state index contributed by atoms with van der Waals surface area (Å²) in [6, 6.07) is 17.5. The first-order chi connectivity index (χ1) is 15.1. The van der Waals surface area contributed by atoms with Gasteiger partial charge in [-0.15, -0.1) is 0 Å². The van der Waals surface area contributed by atoms with E-state index < -0.39 is 5.97 Å². The number of rotatable bonds is 6. The maximum absolute atomic E-state index is 12.9. The fourth-order valence-electron chi connectivity index (χ4n) is 3.11. The molecule has 7 nitrogen and oxygen atoms in total. The van der Waals surface area contributed by atoms with Gasteiger partial charge in [-0.3, -0.25) is 4.79 Å². The predicted molar refractivity (Wildman–Crippen MR) is 116 cm³/mol. The number of furan rings is 1. The second-order valence-electron chi connectivity index (χ2n) is 6.70. The van der Waals surface area contributed by atoms with Crippen molar-refractivity contribution in [3.63, 3.8) is 0 Å². The molecule has 1 amide bonds. The van der Waals surface area contributed by atoms with Gasteiger partial charge in [-0.05, 0) is 61.9 Å². The Morgan fingerprint density at radius 3 is 2.61 bits per heavy atom. The van der Waals surface area contributed by atoms with Gasteiger partial charge in [-0.1, -0.05) is 24.3 Å². The molecular formula is C24H20N2O5. The number of carbonyl (C=O) groups excluding carboxylic acids is 2. The molecule has 7 heteroatoms. The van der Waals surface area contributed by atoms with Crippen molar-refractivity contribution < 1.29 is 23.5 Å². The Bertz CT molecular complexity index is 1160. The zero-order valence-corrected chi connectivity index (χ0v) is 17.1. The first-order valence-electron chi connectivity index (χ1n) is 9.76. The van der Waals surface area contributed by atoms with E-state index in [2.05, 4.69) is 5.10 Å². The summed E-state index contributed by atoms with van der Waals surface area (Å²) in [5, 5.41) is 5.76. The summed E-state index contributed by atoms with van der Waals surface area (Å²) in [4.78, 5) is 25.1. The lowest BCUT2D eigenvalue weighted by molar-refractivity contribution is -0.114. The summed E-state index contributed by atoms with van der Waals surface area (Å²) in [6.07, 6.45) is 3.14. The highest BCUT2D eigenvalue weighted by atomic mass is 16.6. The predicted octanol–water partition coefficient (Wildman–Crippen LogP) is 4.70. The van der Waals surface area contributed by atoms with E-state index in [9.17, 15) is 9.59 Å². The molecule has 1 aromatic heterocycles. The first kappa shape index (κ1) is 20.2. The first-order valence-corrected chi connectivity index (χ1v) is 9.76. The van der Waals surface area contributed by atoms with Crippen LogP contribution in [-0.2, 0) is 4.79 Å². The van der Waals surface area contributed by atoms with Gasteiger partial charge in [-0.2, -0.15) is 10.1 Å². The van der Waals surface area contributed by atoms with E-state index in [0.717, 1.165) is 0 Å². The molecule has 0 bridgehead atoms. The van der Waals surface area contributed by atoms with E-state index in [1.54, 1.807) is 37.3 Å². The molecule has 1 aliphatic rings. The lowest BCUT2D eigenvalue weighted by Gasteiger charge is -2.12. The van der Waals surface area contributed by atoms with E-state index in [1.807, 2.05) is 37.3 Å². The largest absolute Gasteiger partial charge is 0.490 e.